The van der Waals surface area contributed by atoms with E-state index in [1.807, 2.05) is 11.8 Å². The van der Waals surface area contributed by atoms with Gasteiger partial charge in [-0.1, -0.05) is 39.8 Å². The number of hydrogen-bond acceptors (Lipinski definition) is 3. The second-order valence-corrected chi connectivity index (χ2v) is 7.19. The van der Waals surface area contributed by atoms with E-state index in [4.69, 9.17) is 10.5 Å². The Morgan fingerprint density at radius 3 is 2.37 bits per heavy atom. The molecule has 1 rings (SSSR count). The van der Waals surface area contributed by atoms with Crippen LogP contribution in [0.25, 0.3) is 0 Å². The van der Waals surface area contributed by atoms with E-state index >= 15 is 0 Å². The summed E-state index contributed by atoms with van der Waals surface area (Å²) in [6.07, 6.45) is 0. The molecule has 0 aliphatic rings. The standard InChI is InChI=1S/C16H27NOS/c1-13(11-17)12-19-10-9-18-15-7-5-14(6-8-15)16(2,3)4/h5-8,13H,9-12,17H2,1-4H3. The smallest absolute Gasteiger partial charge is 0.119 e. The van der Waals surface area contributed by atoms with Crippen molar-refractivity contribution in [2.45, 2.75) is 33.1 Å². The molecule has 1 aromatic rings. The van der Waals surface area contributed by atoms with Gasteiger partial charge >= 0.3 is 0 Å². The monoisotopic (exact) mass is 281 g/mol. The molecule has 108 valence electrons. The largest absolute Gasteiger partial charge is 0.493 e. The summed E-state index contributed by atoms with van der Waals surface area (Å²) in [5.74, 6) is 3.69. The van der Waals surface area contributed by atoms with E-state index in [0.717, 1.165) is 30.4 Å². The third-order valence-corrected chi connectivity index (χ3v) is 4.28. The molecule has 0 amide bonds. The molecule has 2 nitrogen and oxygen atoms in total. The molecule has 0 radical (unpaired) electrons. The van der Waals surface area contributed by atoms with Gasteiger partial charge < -0.3 is 10.5 Å². The Morgan fingerprint density at radius 1 is 1.21 bits per heavy atom. The Hall–Kier alpha value is -0.670. The molecule has 0 aliphatic carbocycles. The number of nitrogens with two attached hydrogens (primary N) is 1. The fourth-order valence-corrected chi connectivity index (χ4v) is 2.53. The van der Waals surface area contributed by atoms with Gasteiger partial charge in [0.2, 0.25) is 0 Å². The average molecular weight is 281 g/mol. The Balaban J connectivity index is 2.27. The van der Waals surface area contributed by atoms with Crippen LogP contribution >= 0.6 is 11.8 Å². The fraction of sp³-hybridized carbons (Fsp3) is 0.625. The van der Waals surface area contributed by atoms with Crippen LogP contribution in [0.3, 0.4) is 0 Å². The van der Waals surface area contributed by atoms with Crippen LogP contribution in [0, 0.1) is 5.92 Å². The quantitative estimate of drug-likeness (QED) is 0.774. The van der Waals surface area contributed by atoms with Gasteiger partial charge in [0.25, 0.3) is 0 Å². The van der Waals surface area contributed by atoms with Crippen molar-refractivity contribution in [3.8, 4) is 5.75 Å². The molecule has 1 atom stereocenters. The summed E-state index contributed by atoms with van der Waals surface area (Å²) in [7, 11) is 0. The minimum absolute atomic E-state index is 0.201. The van der Waals surface area contributed by atoms with Gasteiger partial charge in [0.05, 0.1) is 6.61 Å². The average Bonchev–Trinajstić information content (AvgIpc) is 2.37. The second-order valence-electron chi connectivity index (χ2n) is 6.04. The summed E-state index contributed by atoms with van der Waals surface area (Å²) in [6.45, 7) is 10.4. The van der Waals surface area contributed by atoms with E-state index in [0.29, 0.717) is 5.92 Å². The molecule has 0 bridgehead atoms. The van der Waals surface area contributed by atoms with Gasteiger partial charge in [-0.25, -0.2) is 0 Å². The molecule has 0 fully saturated rings. The summed E-state index contributed by atoms with van der Waals surface area (Å²) in [4.78, 5) is 0. The zero-order valence-electron chi connectivity index (χ0n) is 12.6. The van der Waals surface area contributed by atoms with Gasteiger partial charge in [-0.15, -0.1) is 0 Å². The molecule has 0 saturated heterocycles. The second kappa shape index (κ2) is 7.81. The van der Waals surface area contributed by atoms with E-state index in [9.17, 15) is 0 Å². The lowest BCUT2D eigenvalue weighted by Crippen LogP contribution is -2.13. The van der Waals surface area contributed by atoms with Gasteiger partial charge in [-0.2, -0.15) is 11.8 Å². The summed E-state index contributed by atoms with van der Waals surface area (Å²) in [6, 6.07) is 8.43. The van der Waals surface area contributed by atoms with Crippen molar-refractivity contribution in [2.75, 3.05) is 24.7 Å². The van der Waals surface area contributed by atoms with Gasteiger partial charge in [0, 0.05) is 5.75 Å². The third-order valence-electron chi connectivity index (χ3n) is 3.02. The highest BCUT2D eigenvalue weighted by atomic mass is 32.2. The maximum atomic E-state index is 5.74. The minimum Gasteiger partial charge on any atom is -0.493 e. The lowest BCUT2D eigenvalue weighted by atomic mass is 9.87. The first-order chi connectivity index (χ1) is 8.93. The topological polar surface area (TPSA) is 35.2 Å². The Bertz CT molecular complexity index is 356. The molecule has 19 heavy (non-hydrogen) atoms. The fourth-order valence-electron chi connectivity index (χ4n) is 1.62. The van der Waals surface area contributed by atoms with Crippen molar-refractivity contribution >= 4 is 11.8 Å². The number of thioether (sulfide) groups is 1. The first-order valence-corrected chi connectivity index (χ1v) is 8.10. The minimum atomic E-state index is 0.201. The van der Waals surface area contributed by atoms with Crippen LogP contribution in [-0.2, 0) is 5.41 Å². The Kier molecular flexibility index (Phi) is 6.73. The van der Waals surface area contributed by atoms with Crippen molar-refractivity contribution in [1.82, 2.24) is 0 Å². The van der Waals surface area contributed by atoms with E-state index in [-0.39, 0.29) is 5.41 Å². The highest BCUT2D eigenvalue weighted by Gasteiger charge is 2.12. The van der Waals surface area contributed by atoms with Gasteiger partial charge in [0.15, 0.2) is 0 Å². The Labute approximate surface area is 122 Å². The van der Waals surface area contributed by atoms with Crippen LogP contribution in [0.15, 0.2) is 24.3 Å². The summed E-state index contributed by atoms with van der Waals surface area (Å²) < 4.78 is 5.74. The number of hydrogen-bond donors (Lipinski definition) is 1. The first kappa shape index (κ1) is 16.4. The predicted octanol–water partition coefficient (Wildman–Crippen LogP) is 3.69. The lowest BCUT2D eigenvalue weighted by molar-refractivity contribution is 0.343. The van der Waals surface area contributed by atoms with Crippen molar-refractivity contribution in [1.29, 1.82) is 0 Å². The van der Waals surface area contributed by atoms with Crippen LogP contribution in [0.2, 0.25) is 0 Å². The highest BCUT2D eigenvalue weighted by molar-refractivity contribution is 7.99. The van der Waals surface area contributed by atoms with Crippen LogP contribution in [0.4, 0.5) is 0 Å². The third kappa shape index (κ3) is 6.35. The van der Waals surface area contributed by atoms with E-state index in [1.165, 1.54) is 5.56 Å². The Morgan fingerprint density at radius 2 is 1.84 bits per heavy atom. The lowest BCUT2D eigenvalue weighted by Gasteiger charge is -2.19. The highest BCUT2D eigenvalue weighted by Crippen LogP contribution is 2.24. The molecular formula is C16H27NOS. The molecule has 0 spiro atoms. The van der Waals surface area contributed by atoms with Crippen molar-refractivity contribution < 1.29 is 4.74 Å². The van der Waals surface area contributed by atoms with Gasteiger partial charge in [0.1, 0.15) is 5.75 Å². The summed E-state index contributed by atoms with van der Waals surface area (Å²) in [5, 5.41) is 0. The molecule has 0 aromatic heterocycles. The molecule has 1 aromatic carbocycles. The van der Waals surface area contributed by atoms with E-state index in [2.05, 4.69) is 52.0 Å². The van der Waals surface area contributed by atoms with Crippen LogP contribution in [0.5, 0.6) is 5.75 Å². The maximum absolute atomic E-state index is 5.74. The zero-order valence-corrected chi connectivity index (χ0v) is 13.4. The molecule has 2 N–H and O–H groups in total. The normalized spacial score (nSPS) is 13.3. The van der Waals surface area contributed by atoms with Crippen molar-refractivity contribution in [3.05, 3.63) is 29.8 Å². The molecule has 0 saturated carbocycles. The maximum Gasteiger partial charge on any atom is 0.119 e. The number of rotatable bonds is 7. The van der Waals surface area contributed by atoms with Crippen LogP contribution < -0.4 is 10.5 Å². The molecule has 0 heterocycles. The predicted molar refractivity (Wildman–Crippen MR) is 86.2 cm³/mol. The van der Waals surface area contributed by atoms with Gasteiger partial charge in [-0.3, -0.25) is 0 Å². The molecule has 1 unspecified atom stereocenters. The van der Waals surface area contributed by atoms with Crippen LogP contribution in [0.1, 0.15) is 33.3 Å². The first-order valence-electron chi connectivity index (χ1n) is 6.94. The van der Waals surface area contributed by atoms with E-state index in [1.54, 1.807) is 0 Å². The van der Waals surface area contributed by atoms with Gasteiger partial charge in [-0.05, 0) is 41.3 Å². The molecule has 3 heteroatoms. The zero-order chi connectivity index (χ0) is 14.3. The SMILES string of the molecule is CC(CN)CSCCOc1ccc(C(C)(C)C)cc1. The number of benzene rings is 1. The van der Waals surface area contributed by atoms with Crippen LogP contribution in [-0.4, -0.2) is 24.7 Å². The molecule has 0 aliphatic heterocycles. The van der Waals surface area contributed by atoms with Crippen molar-refractivity contribution in [2.24, 2.45) is 11.7 Å². The molecular weight excluding hydrogens is 254 g/mol. The van der Waals surface area contributed by atoms with Crippen molar-refractivity contribution in [3.63, 3.8) is 0 Å². The summed E-state index contributed by atoms with van der Waals surface area (Å²) >= 11 is 1.91. The summed E-state index contributed by atoms with van der Waals surface area (Å²) in [5.41, 5.74) is 7.12. The number of ether oxygens (including phenoxy) is 1. The van der Waals surface area contributed by atoms with E-state index < -0.39 is 0 Å².